The zero-order chi connectivity index (χ0) is 16.6. The summed E-state index contributed by atoms with van der Waals surface area (Å²) in [4.78, 5) is 8.44. The first-order chi connectivity index (χ1) is 11.8. The molecule has 0 aliphatic rings. The minimum absolute atomic E-state index is 0.232. The second-order valence-corrected chi connectivity index (χ2v) is 5.75. The van der Waals surface area contributed by atoms with Crippen LogP contribution in [0.4, 0.5) is 11.6 Å². The lowest BCUT2D eigenvalue weighted by Crippen LogP contribution is -2.08. The maximum absolute atomic E-state index is 6.03. The third kappa shape index (κ3) is 4.96. The summed E-state index contributed by atoms with van der Waals surface area (Å²) in [5, 5.41) is 6.80. The maximum atomic E-state index is 6.03. The van der Waals surface area contributed by atoms with Crippen molar-refractivity contribution < 1.29 is 0 Å². The standard InChI is InChI=1S/C19H19ClN4/c20-19-23-17(21-12-11-15-7-3-1-4-8-15)13-18(24-19)22-14-16-9-5-2-6-10-16/h1-10,13H,11-12,14H2,(H2,21,22,23,24). The summed E-state index contributed by atoms with van der Waals surface area (Å²) < 4.78 is 0. The number of nitrogens with one attached hydrogen (secondary N) is 2. The van der Waals surface area contributed by atoms with E-state index >= 15 is 0 Å². The van der Waals surface area contributed by atoms with Crippen molar-refractivity contribution in [1.82, 2.24) is 9.97 Å². The van der Waals surface area contributed by atoms with Crippen molar-refractivity contribution in [2.24, 2.45) is 0 Å². The molecule has 0 unspecified atom stereocenters. The predicted molar refractivity (Wildman–Crippen MR) is 99.4 cm³/mol. The van der Waals surface area contributed by atoms with Crippen molar-refractivity contribution in [2.75, 3.05) is 17.2 Å². The van der Waals surface area contributed by atoms with Crippen molar-refractivity contribution in [1.29, 1.82) is 0 Å². The summed E-state index contributed by atoms with van der Waals surface area (Å²) in [7, 11) is 0. The Kier molecular flexibility index (Phi) is 5.64. The van der Waals surface area contributed by atoms with Gasteiger partial charge < -0.3 is 10.6 Å². The van der Waals surface area contributed by atoms with Crippen molar-refractivity contribution in [3.8, 4) is 0 Å². The van der Waals surface area contributed by atoms with Gasteiger partial charge in [-0.15, -0.1) is 0 Å². The second-order valence-electron chi connectivity index (χ2n) is 5.41. The lowest BCUT2D eigenvalue weighted by atomic mass is 10.1. The smallest absolute Gasteiger partial charge is 0.226 e. The molecule has 1 heterocycles. The Labute approximate surface area is 146 Å². The maximum Gasteiger partial charge on any atom is 0.226 e. The molecule has 5 heteroatoms. The molecule has 3 aromatic rings. The van der Waals surface area contributed by atoms with E-state index in [0.29, 0.717) is 12.4 Å². The molecular formula is C19H19ClN4. The molecule has 0 aliphatic heterocycles. The van der Waals surface area contributed by atoms with E-state index in [0.717, 1.165) is 18.8 Å². The lowest BCUT2D eigenvalue weighted by molar-refractivity contribution is 0.996. The third-order valence-electron chi connectivity index (χ3n) is 3.58. The highest BCUT2D eigenvalue weighted by molar-refractivity contribution is 6.28. The summed E-state index contributed by atoms with van der Waals surface area (Å²) in [5.74, 6) is 1.43. The van der Waals surface area contributed by atoms with Crippen LogP contribution in [0.15, 0.2) is 66.7 Å². The molecule has 122 valence electrons. The SMILES string of the molecule is Clc1nc(NCCc2ccccc2)cc(NCc2ccccc2)n1. The third-order valence-corrected chi connectivity index (χ3v) is 3.75. The molecule has 0 atom stereocenters. The molecule has 4 nitrogen and oxygen atoms in total. The molecule has 0 amide bonds. The van der Waals surface area contributed by atoms with Gasteiger partial charge in [0, 0.05) is 19.2 Å². The Balaban J connectivity index is 1.57. The van der Waals surface area contributed by atoms with E-state index < -0.39 is 0 Å². The number of rotatable bonds is 7. The predicted octanol–water partition coefficient (Wildman–Crippen LogP) is 4.40. The quantitative estimate of drug-likeness (QED) is 0.627. The van der Waals surface area contributed by atoms with Gasteiger partial charge >= 0.3 is 0 Å². The molecule has 1 aromatic heterocycles. The summed E-state index contributed by atoms with van der Waals surface area (Å²) in [6, 6.07) is 22.4. The number of anilines is 2. The summed E-state index contributed by atoms with van der Waals surface area (Å²) in [6.45, 7) is 1.48. The van der Waals surface area contributed by atoms with Crippen LogP contribution in [0.1, 0.15) is 11.1 Å². The topological polar surface area (TPSA) is 49.8 Å². The van der Waals surface area contributed by atoms with Crippen molar-refractivity contribution in [2.45, 2.75) is 13.0 Å². The number of hydrogen-bond acceptors (Lipinski definition) is 4. The van der Waals surface area contributed by atoms with E-state index in [2.05, 4.69) is 44.9 Å². The molecule has 2 aromatic carbocycles. The highest BCUT2D eigenvalue weighted by Crippen LogP contribution is 2.15. The van der Waals surface area contributed by atoms with Gasteiger partial charge in [0.15, 0.2) is 0 Å². The fourth-order valence-electron chi connectivity index (χ4n) is 2.37. The Morgan fingerprint density at radius 2 is 1.33 bits per heavy atom. The summed E-state index contributed by atoms with van der Waals surface area (Å²) in [6.07, 6.45) is 0.926. The van der Waals surface area contributed by atoms with Crippen molar-refractivity contribution in [3.05, 3.63) is 83.1 Å². The van der Waals surface area contributed by atoms with E-state index in [1.54, 1.807) is 0 Å². The molecular weight excluding hydrogens is 320 g/mol. The Morgan fingerprint density at radius 1 is 0.750 bits per heavy atom. The van der Waals surface area contributed by atoms with Gasteiger partial charge in [-0.2, -0.15) is 0 Å². The highest BCUT2D eigenvalue weighted by Gasteiger charge is 2.03. The molecule has 2 N–H and O–H groups in total. The normalized spacial score (nSPS) is 10.4. The van der Waals surface area contributed by atoms with Crippen LogP contribution in [0.3, 0.4) is 0 Å². The molecule has 3 rings (SSSR count). The lowest BCUT2D eigenvalue weighted by Gasteiger charge is -2.10. The van der Waals surface area contributed by atoms with Crippen LogP contribution in [0.5, 0.6) is 0 Å². The van der Waals surface area contributed by atoms with Crippen LogP contribution < -0.4 is 10.6 Å². The number of aromatic nitrogens is 2. The molecule has 24 heavy (non-hydrogen) atoms. The first-order valence-corrected chi connectivity index (χ1v) is 8.27. The molecule has 0 aliphatic carbocycles. The molecule has 0 fully saturated rings. The Morgan fingerprint density at radius 3 is 2.00 bits per heavy atom. The van der Waals surface area contributed by atoms with Gasteiger partial charge in [0.05, 0.1) is 0 Å². The molecule has 0 saturated carbocycles. The van der Waals surface area contributed by atoms with E-state index in [4.69, 9.17) is 11.6 Å². The number of hydrogen-bond donors (Lipinski definition) is 2. The van der Waals surface area contributed by atoms with Crippen LogP contribution in [0, 0.1) is 0 Å². The van der Waals surface area contributed by atoms with Gasteiger partial charge in [0.2, 0.25) is 5.28 Å². The summed E-state index contributed by atoms with van der Waals surface area (Å²) in [5.41, 5.74) is 2.47. The van der Waals surface area contributed by atoms with Crippen LogP contribution in [-0.2, 0) is 13.0 Å². The zero-order valence-electron chi connectivity index (χ0n) is 13.2. The van der Waals surface area contributed by atoms with Gasteiger partial charge in [-0.3, -0.25) is 0 Å². The van der Waals surface area contributed by atoms with Crippen molar-refractivity contribution >= 4 is 23.2 Å². The molecule has 0 saturated heterocycles. The first kappa shape index (κ1) is 16.3. The summed E-state index contributed by atoms with van der Waals surface area (Å²) >= 11 is 6.03. The Hall–Kier alpha value is -2.59. The van der Waals surface area contributed by atoms with E-state index in [-0.39, 0.29) is 5.28 Å². The Bertz CT molecular complexity index is 763. The average Bonchev–Trinajstić information content (AvgIpc) is 2.61. The van der Waals surface area contributed by atoms with E-state index in [1.807, 2.05) is 42.5 Å². The van der Waals surface area contributed by atoms with Gasteiger partial charge in [0.1, 0.15) is 11.6 Å². The fourth-order valence-corrected chi connectivity index (χ4v) is 2.55. The van der Waals surface area contributed by atoms with Crippen LogP contribution in [-0.4, -0.2) is 16.5 Å². The van der Waals surface area contributed by atoms with Gasteiger partial charge in [-0.25, -0.2) is 9.97 Å². The average molecular weight is 339 g/mol. The van der Waals surface area contributed by atoms with Gasteiger partial charge in [-0.05, 0) is 29.1 Å². The molecule has 0 spiro atoms. The minimum atomic E-state index is 0.232. The molecule has 0 bridgehead atoms. The van der Waals surface area contributed by atoms with Crippen LogP contribution in [0.2, 0.25) is 5.28 Å². The number of nitrogens with zero attached hydrogens (tertiary/aromatic N) is 2. The second kappa shape index (κ2) is 8.31. The zero-order valence-corrected chi connectivity index (χ0v) is 14.0. The van der Waals surface area contributed by atoms with Crippen LogP contribution >= 0.6 is 11.6 Å². The van der Waals surface area contributed by atoms with Gasteiger partial charge in [0.25, 0.3) is 0 Å². The number of benzene rings is 2. The highest BCUT2D eigenvalue weighted by atomic mass is 35.5. The van der Waals surface area contributed by atoms with E-state index in [9.17, 15) is 0 Å². The fraction of sp³-hybridized carbons (Fsp3) is 0.158. The minimum Gasteiger partial charge on any atom is -0.370 e. The monoisotopic (exact) mass is 338 g/mol. The molecule has 0 radical (unpaired) electrons. The van der Waals surface area contributed by atoms with Crippen LogP contribution in [0.25, 0.3) is 0 Å². The van der Waals surface area contributed by atoms with E-state index in [1.165, 1.54) is 11.1 Å². The largest absolute Gasteiger partial charge is 0.370 e. The number of halogens is 1. The van der Waals surface area contributed by atoms with Gasteiger partial charge in [-0.1, -0.05) is 60.7 Å². The first-order valence-electron chi connectivity index (χ1n) is 7.90. The van der Waals surface area contributed by atoms with Crippen molar-refractivity contribution in [3.63, 3.8) is 0 Å².